The van der Waals surface area contributed by atoms with Gasteiger partial charge in [-0.1, -0.05) is 58.0 Å². The maximum atomic E-state index is 12.2. The fraction of sp³-hybridized carbons (Fsp3) is 0.818. The number of hydrogen-bond acceptors (Lipinski definition) is 5. The Balaban J connectivity index is 1.14. The summed E-state index contributed by atoms with van der Waals surface area (Å²) < 4.78 is 6.81. The minimum Gasteiger partial charge on any atom is -0.393 e. The standard InChI is InChI=1S/C33H50N2O3/c1-20-16-22(18-35-17-21-8-6-5-7-9-21)38-27-26(20)30(4)14-15-32-19-31(32)13-12-25(36)29(2,3)23(31)10-11-24(32)33(30,34)28(27)37/h5-9,20,22-28,35-37H,10-19,34H2,1-4H3. The second-order valence-electron chi connectivity index (χ2n) is 15.4. The molecule has 12 unspecified atom stereocenters. The van der Waals surface area contributed by atoms with E-state index in [1.807, 2.05) is 0 Å². The number of fused-ring (bicyclic) bond motifs is 4. The van der Waals surface area contributed by atoms with Crippen molar-refractivity contribution in [3.63, 3.8) is 0 Å². The summed E-state index contributed by atoms with van der Waals surface area (Å²) in [5.41, 5.74) is 8.78. The lowest BCUT2D eigenvalue weighted by Crippen LogP contribution is -2.70. The third-order valence-electron chi connectivity index (χ3n) is 13.9. The molecule has 210 valence electrons. The highest BCUT2D eigenvalue weighted by molar-refractivity contribution is 5.35. The third kappa shape index (κ3) is 3.06. The van der Waals surface area contributed by atoms with Crippen LogP contribution in [0.5, 0.6) is 0 Å². The predicted molar refractivity (Wildman–Crippen MR) is 149 cm³/mol. The lowest BCUT2D eigenvalue weighted by Gasteiger charge is -2.63. The molecule has 1 aromatic carbocycles. The summed E-state index contributed by atoms with van der Waals surface area (Å²) in [4.78, 5) is 0. The van der Waals surface area contributed by atoms with Gasteiger partial charge >= 0.3 is 0 Å². The Labute approximate surface area is 229 Å². The number of rotatable bonds is 4. The van der Waals surface area contributed by atoms with Gasteiger partial charge < -0.3 is 26.0 Å². The summed E-state index contributed by atoms with van der Waals surface area (Å²) in [6.45, 7) is 11.1. The van der Waals surface area contributed by atoms with Crippen molar-refractivity contribution in [1.82, 2.24) is 5.32 Å². The van der Waals surface area contributed by atoms with Gasteiger partial charge in [0.15, 0.2) is 0 Å². The van der Waals surface area contributed by atoms with Crippen LogP contribution in [0, 0.1) is 45.3 Å². The fourth-order valence-electron chi connectivity index (χ4n) is 12.1. The summed E-state index contributed by atoms with van der Waals surface area (Å²) in [6, 6.07) is 10.5. The van der Waals surface area contributed by atoms with Crippen LogP contribution in [0.1, 0.15) is 84.6 Å². The van der Waals surface area contributed by atoms with E-state index in [0.29, 0.717) is 29.1 Å². The van der Waals surface area contributed by atoms with E-state index in [1.165, 1.54) is 18.4 Å². The number of aliphatic hydroxyl groups excluding tert-OH is 2. The molecule has 0 amide bonds. The minimum atomic E-state index is -0.615. The summed E-state index contributed by atoms with van der Waals surface area (Å²) >= 11 is 0. The molecule has 0 radical (unpaired) electrons. The zero-order chi connectivity index (χ0) is 26.7. The molecule has 1 aromatic rings. The van der Waals surface area contributed by atoms with Crippen LogP contribution >= 0.6 is 0 Å². The van der Waals surface area contributed by atoms with Gasteiger partial charge in [-0.25, -0.2) is 0 Å². The fourth-order valence-corrected chi connectivity index (χ4v) is 12.1. The molecule has 2 spiro atoms. The quantitative estimate of drug-likeness (QED) is 0.463. The van der Waals surface area contributed by atoms with Gasteiger partial charge in [0.05, 0.1) is 30.0 Å². The van der Waals surface area contributed by atoms with E-state index in [1.54, 1.807) is 0 Å². The highest BCUT2D eigenvalue weighted by atomic mass is 16.5. The van der Waals surface area contributed by atoms with Gasteiger partial charge in [-0.15, -0.1) is 0 Å². The van der Waals surface area contributed by atoms with Crippen molar-refractivity contribution in [3.05, 3.63) is 35.9 Å². The van der Waals surface area contributed by atoms with Crippen LogP contribution in [0.25, 0.3) is 0 Å². The van der Waals surface area contributed by atoms with Crippen LogP contribution in [0.3, 0.4) is 0 Å². The molecule has 1 saturated heterocycles. The zero-order valence-electron chi connectivity index (χ0n) is 24.0. The van der Waals surface area contributed by atoms with E-state index >= 15 is 0 Å². The Morgan fingerprint density at radius 1 is 0.974 bits per heavy atom. The predicted octanol–water partition coefficient (Wildman–Crippen LogP) is 4.64. The Kier molecular flexibility index (Phi) is 5.66. The SMILES string of the molecule is CC1CC(CNCc2ccccc2)OC2C1C1(C)CCC34CC35CCC(O)C(C)(C)C5CCC4C1(N)C2O. The Morgan fingerprint density at radius 2 is 1.68 bits per heavy atom. The van der Waals surface area contributed by atoms with Crippen molar-refractivity contribution in [1.29, 1.82) is 0 Å². The lowest BCUT2D eigenvalue weighted by atomic mass is 9.43. The second kappa shape index (κ2) is 8.28. The van der Waals surface area contributed by atoms with Crippen molar-refractivity contribution >= 4 is 0 Å². The minimum absolute atomic E-state index is 0.0326. The molecule has 1 aliphatic heterocycles. The Morgan fingerprint density at radius 3 is 2.45 bits per heavy atom. The maximum Gasteiger partial charge on any atom is 0.0992 e. The molecule has 5 saturated carbocycles. The van der Waals surface area contributed by atoms with Crippen LogP contribution in [0.4, 0.5) is 0 Å². The van der Waals surface area contributed by atoms with Crippen molar-refractivity contribution in [3.8, 4) is 0 Å². The van der Waals surface area contributed by atoms with Crippen molar-refractivity contribution in [2.45, 2.75) is 116 Å². The largest absolute Gasteiger partial charge is 0.393 e. The number of ether oxygens (including phenoxy) is 1. The Bertz CT molecular complexity index is 1080. The molecule has 0 aromatic heterocycles. The molecule has 7 rings (SSSR count). The van der Waals surface area contributed by atoms with Crippen LogP contribution in [0.15, 0.2) is 30.3 Å². The summed E-state index contributed by atoms with van der Waals surface area (Å²) in [7, 11) is 0. The van der Waals surface area contributed by atoms with E-state index < -0.39 is 11.6 Å². The molecule has 5 N–H and O–H groups in total. The van der Waals surface area contributed by atoms with Gasteiger partial charge in [0, 0.05) is 13.1 Å². The van der Waals surface area contributed by atoms with E-state index in [2.05, 4.69) is 63.3 Å². The van der Waals surface area contributed by atoms with Crippen LogP contribution < -0.4 is 11.1 Å². The molecule has 0 bridgehead atoms. The van der Waals surface area contributed by atoms with Crippen molar-refractivity contribution in [2.75, 3.05) is 6.54 Å². The van der Waals surface area contributed by atoms with Gasteiger partial charge in [-0.3, -0.25) is 0 Å². The van der Waals surface area contributed by atoms with E-state index in [4.69, 9.17) is 10.5 Å². The number of aliphatic hydroxyl groups is 2. The molecular weight excluding hydrogens is 472 g/mol. The van der Waals surface area contributed by atoms with Gasteiger partial charge in [0.25, 0.3) is 0 Å². The number of benzene rings is 1. The van der Waals surface area contributed by atoms with E-state index in [-0.39, 0.29) is 34.6 Å². The van der Waals surface area contributed by atoms with Gasteiger partial charge in [0.1, 0.15) is 0 Å². The molecule has 5 heteroatoms. The third-order valence-corrected chi connectivity index (χ3v) is 13.9. The number of hydrogen-bond donors (Lipinski definition) is 4. The van der Waals surface area contributed by atoms with E-state index in [9.17, 15) is 10.2 Å². The summed E-state index contributed by atoms with van der Waals surface area (Å²) in [6.07, 6.45) is 8.00. The molecule has 12 atom stereocenters. The molecule has 5 aliphatic carbocycles. The lowest BCUT2D eigenvalue weighted by molar-refractivity contribution is -0.152. The summed E-state index contributed by atoms with van der Waals surface area (Å²) in [5, 5.41) is 26.7. The van der Waals surface area contributed by atoms with Crippen LogP contribution in [0.2, 0.25) is 0 Å². The topological polar surface area (TPSA) is 87.7 Å². The first-order chi connectivity index (χ1) is 18.0. The Hall–Kier alpha value is -0.980. The zero-order valence-corrected chi connectivity index (χ0v) is 24.0. The first kappa shape index (κ1) is 26.0. The molecule has 38 heavy (non-hydrogen) atoms. The first-order valence-corrected chi connectivity index (χ1v) is 15.6. The molecule has 6 aliphatic rings. The maximum absolute atomic E-state index is 12.2. The average Bonchev–Trinajstić information content (AvgIpc) is 3.52. The van der Waals surface area contributed by atoms with Crippen molar-refractivity contribution < 1.29 is 14.9 Å². The van der Waals surface area contributed by atoms with Gasteiger partial charge in [-0.2, -0.15) is 0 Å². The monoisotopic (exact) mass is 522 g/mol. The summed E-state index contributed by atoms with van der Waals surface area (Å²) in [5.74, 6) is 1.70. The molecular formula is C33H50N2O3. The molecule has 1 heterocycles. The molecule has 5 nitrogen and oxygen atoms in total. The smallest absolute Gasteiger partial charge is 0.0992 e. The average molecular weight is 523 g/mol. The van der Waals surface area contributed by atoms with Gasteiger partial charge in [0.2, 0.25) is 0 Å². The van der Waals surface area contributed by atoms with Crippen LogP contribution in [-0.2, 0) is 11.3 Å². The van der Waals surface area contributed by atoms with Crippen molar-refractivity contribution in [2.24, 2.45) is 51.1 Å². The van der Waals surface area contributed by atoms with E-state index in [0.717, 1.165) is 51.6 Å². The second-order valence-corrected chi connectivity index (χ2v) is 15.4. The highest BCUT2D eigenvalue weighted by Crippen LogP contribution is 2.87. The van der Waals surface area contributed by atoms with Crippen LogP contribution in [-0.4, -0.2) is 46.7 Å². The molecule has 6 fully saturated rings. The first-order valence-electron chi connectivity index (χ1n) is 15.6. The normalized spacial score (nSPS) is 54.2. The number of nitrogens with one attached hydrogen (secondary N) is 1. The number of nitrogens with two attached hydrogens (primary N) is 1. The highest BCUT2D eigenvalue weighted by Gasteiger charge is 2.85. The van der Waals surface area contributed by atoms with Gasteiger partial charge in [-0.05, 0) is 102 Å².